The Kier molecular flexibility index (Phi) is 35.7. The Morgan fingerprint density at radius 3 is 1.57 bits per heavy atom. The second-order valence-corrected chi connectivity index (χ2v) is 18.2. The first-order chi connectivity index (χ1) is 29.1. The number of sulfonamides is 1. The summed E-state index contributed by atoms with van der Waals surface area (Å²) in [4.78, 5) is 46.9. The zero-order chi connectivity index (χ0) is 43.8. The molecule has 16 heteroatoms. The SMILES string of the molecule is CC[C@H](CC(=O)COCCOCCNC(=O)CCCS(=O)(=O)NC(=O)CCCCCCCCCCCCCCCCCCCCCCCCCCCc1nn[nH]n1)C(=O)O. The van der Waals surface area contributed by atoms with E-state index in [0.717, 1.165) is 37.9 Å². The number of tetrazole rings is 1. The number of ketones is 1. The van der Waals surface area contributed by atoms with E-state index >= 15 is 0 Å². The lowest BCUT2D eigenvalue weighted by atomic mass is 10.0. The van der Waals surface area contributed by atoms with Gasteiger partial charge in [-0.05, 0) is 25.7 Å². The second-order valence-electron chi connectivity index (χ2n) is 16.3. The summed E-state index contributed by atoms with van der Waals surface area (Å²) < 4.78 is 37.2. The maximum absolute atomic E-state index is 12.3. The largest absolute Gasteiger partial charge is 0.481 e. The molecule has 1 aromatic rings. The van der Waals surface area contributed by atoms with Crippen molar-refractivity contribution in [2.24, 2.45) is 5.92 Å². The number of carboxylic acids is 1. The van der Waals surface area contributed by atoms with E-state index in [1.54, 1.807) is 6.92 Å². The lowest BCUT2D eigenvalue weighted by molar-refractivity contribution is -0.144. The van der Waals surface area contributed by atoms with E-state index < -0.39 is 27.8 Å². The molecule has 0 aliphatic carbocycles. The lowest BCUT2D eigenvalue weighted by Gasteiger charge is -2.09. The fourth-order valence-corrected chi connectivity index (χ4v) is 8.19. The van der Waals surface area contributed by atoms with Crippen molar-refractivity contribution in [3.63, 3.8) is 0 Å². The van der Waals surface area contributed by atoms with Crippen molar-refractivity contribution in [2.45, 2.75) is 206 Å². The first-order valence-electron chi connectivity index (χ1n) is 23.5. The van der Waals surface area contributed by atoms with Crippen LogP contribution >= 0.6 is 0 Å². The summed E-state index contributed by atoms with van der Waals surface area (Å²) in [6.07, 6.45) is 33.4. The van der Waals surface area contributed by atoms with E-state index in [4.69, 9.17) is 14.6 Å². The standard InChI is InChI=1S/C44H82N6O9S/c1-2-39(44(54)55)37-40(51)38-59-35-34-58-33-32-45-42(52)31-28-36-60(56,57)48-43(53)30-27-25-23-21-19-17-15-13-11-9-7-5-3-4-6-8-10-12-14-16-18-20-22-24-26-29-41-46-49-50-47-41/h39H,2-38H2,1H3,(H,45,52)(H,48,53)(H,54,55)(H,46,47,49,50)/t39-/m1/s1. The summed E-state index contributed by atoms with van der Waals surface area (Å²) in [6.45, 7) is 2.34. The lowest BCUT2D eigenvalue weighted by Crippen LogP contribution is -2.33. The van der Waals surface area contributed by atoms with Gasteiger partial charge in [0.15, 0.2) is 11.6 Å². The van der Waals surface area contributed by atoms with Crippen LogP contribution in [0.15, 0.2) is 0 Å². The van der Waals surface area contributed by atoms with E-state index in [1.807, 2.05) is 0 Å². The molecule has 15 nitrogen and oxygen atoms in total. The molecule has 0 fully saturated rings. The molecule has 0 aliphatic heterocycles. The quantitative estimate of drug-likeness (QED) is 0.0455. The molecule has 0 spiro atoms. The predicted molar refractivity (Wildman–Crippen MR) is 235 cm³/mol. The third-order valence-corrected chi connectivity index (χ3v) is 12.2. The number of amides is 2. The normalized spacial score (nSPS) is 12.1. The van der Waals surface area contributed by atoms with Crippen LogP contribution in [0.4, 0.5) is 0 Å². The summed E-state index contributed by atoms with van der Waals surface area (Å²) in [5.74, 6) is -2.27. The Hall–Kier alpha value is -2.98. The molecular formula is C44H82N6O9S. The number of carbonyl (C=O) groups excluding carboxylic acids is 3. The number of hydrogen-bond donors (Lipinski definition) is 4. The number of carbonyl (C=O) groups is 4. The molecule has 1 aromatic heterocycles. The van der Waals surface area contributed by atoms with Gasteiger partial charge in [0, 0.05) is 32.2 Å². The molecule has 1 rings (SSSR count). The highest BCUT2D eigenvalue weighted by atomic mass is 32.2. The molecule has 0 radical (unpaired) electrons. The molecule has 0 aliphatic rings. The van der Waals surface area contributed by atoms with Crippen LogP contribution in [0.25, 0.3) is 0 Å². The highest BCUT2D eigenvalue weighted by Gasteiger charge is 2.19. The monoisotopic (exact) mass is 871 g/mol. The van der Waals surface area contributed by atoms with Gasteiger partial charge in [-0.2, -0.15) is 5.21 Å². The van der Waals surface area contributed by atoms with Crippen LogP contribution < -0.4 is 10.0 Å². The minimum atomic E-state index is -3.79. The van der Waals surface area contributed by atoms with Gasteiger partial charge in [0.1, 0.15) is 6.61 Å². The first kappa shape index (κ1) is 55.0. The van der Waals surface area contributed by atoms with Crippen molar-refractivity contribution < 1.29 is 42.2 Å². The average Bonchev–Trinajstić information content (AvgIpc) is 3.74. The van der Waals surface area contributed by atoms with E-state index in [1.165, 1.54) is 128 Å². The predicted octanol–water partition coefficient (Wildman–Crippen LogP) is 8.33. The van der Waals surface area contributed by atoms with Gasteiger partial charge in [0.05, 0.1) is 31.5 Å². The summed E-state index contributed by atoms with van der Waals surface area (Å²) >= 11 is 0. The Morgan fingerprint density at radius 1 is 0.633 bits per heavy atom. The van der Waals surface area contributed by atoms with Gasteiger partial charge in [0.25, 0.3) is 0 Å². The number of carboxylic acid groups (broad SMARTS) is 1. The molecule has 1 heterocycles. The van der Waals surface area contributed by atoms with E-state index in [9.17, 15) is 27.6 Å². The third kappa shape index (κ3) is 35.7. The van der Waals surface area contributed by atoms with Crippen LogP contribution in [-0.2, 0) is 45.1 Å². The van der Waals surface area contributed by atoms with Gasteiger partial charge < -0.3 is 19.9 Å². The molecule has 0 saturated carbocycles. The van der Waals surface area contributed by atoms with Crippen molar-refractivity contribution in [3.05, 3.63) is 5.82 Å². The van der Waals surface area contributed by atoms with Crippen LogP contribution in [0.1, 0.15) is 205 Å². The van der Waals surface area contributed by atoms with Crippen molar-refractivity contribution in [2.75, 3.05) is 38.7 Å². The van der Waals surface area contributed by atoms with Crippen LogP contribution in [0, 0.1) is 5.92 Å². The highest BCUT2D eigenvalue weighted by Crippen LogP contribution is 2.16. The first-order valence-corrected chi connectivity index (χ1v) is 25.2. The number of rotatable bonds is 45. The number of hydrogen-bond acceptors (Lipinski definition) is 11. The minimum absolute atomic E-state index is 0.00482. The fraction of sp³-hybridized carbons (Fsp3) is 0.886. The van der Waals surface area contributed by atoms with Crippen molar-refractivity contribution in [1.29, 1.82) is 0 Å². The number of nitrogens with one attached hydrogen (secondary N) is 3. The number of aromatic nitrogens is 4. The molecule has 60 heavy (non-hydrogen) atoms. The molecular weight excluding hydrogens is 789 g/mol. The molecule has 2 amide bonds. The van der Waals surface area contributed by atoms with Gasteiger partial charge in [-0.15, -0.1) is 10.2 Å². The number of unbranched alkanes of at least 4 members (excludes halogenated alkanes) is 24. The van der Waals surface area contributed by atoms with E-state index in [0.29, 0.717) is 12.8 Å². The van der Waals surface area contributed by atoms with Gasteiger partial charge in [-0.3, -0.25) is 23.9 Å². The summed E-state index contributed by atoms with van der Waals surface area (Å²) in [5.41, 5.74) is 0. The Morgan fingerprint density at radius 2 is 1.10 bits per heavy atom. The minimum Gasteiger partial charge on any atom is -0.481 e. The molecule has 1 atom stereocenters. The zero-order valence-electron chi connectivity index (χ0n) is 37.2. The summed E-state index contributed by atoms with van der Waals surface area (Å²) in [5, 5.41) is 25.7. The number of aryl methyl sites for hydroxylation is 1. The molecule has 4 N–H and O–H groups in total. The maximum Gasteiger partial charge on any atom is 0.306 e. The van der Waals surface area contributed by atoms with Crippen molar-refractivity contribution >= 4 is 33.6 Å². The molecule has 0 aromatic carbocycles. The molecule has 0 unspecified atom stereocenters. The Bertz CT molecular complexity index is 1320. The summed E-state index contributed by atoms with van der Waals surface area (Å²) in [6, 6.07) is 0. The molecule has 0 bridgehead atoms. The average molecular weight is 871 g/mol. The fourth-order valence-electron chi connectivity index (χ4n) is 7.12. The van der Waals surface area contributed by atoms with Crippen molar-refractivity contribution in [3.8, 4) is 0 Å². The number of aromatic amines is 1. The van der Waals surface area contributed by atoms with E-state index in [-0.39, 0.29) is 76.1 Å². The topological polar surface area (TPSA) is 220 Å². The molecule has 348 valence electrons. The Labute approximate surface area is 361 Å². The van der Waals surface area contributed by atoms with Crippen molar-refractivity contribution in [1.82, 2.24) is 30.7 Å². The van der Waals surface area contributed by atoms with Gasteiger partial charge >= 0.3 is 5.97 Å². The number of aliphatic carboxylic acids is 1. The number of nitrogens with zero attached hydrogens (tertiary/aromatic N) is 3. The van der Waals surface area contributed by atoms with E-state index in [2.05, 4.69) is 30.7 Å². The Balaban J connectivity index is 1.79. The number of ether oxygens (including phenoxy) is 2. The van der Waals surface area contributed by atoms with Crippen LogP contribution in [0.2, 0.25) is 0 Å². The molecule has 0 saturated heterocycles. The van der Waals surface area contributed by atoms with Gasteiger partial charge in [-0.1, -0.05) is 160 Å². The van der Waals surface area contributed by atoms with Gasteiger partial charge in [0.2, 0.25) is 21.8 Å². The van der Waals surface area contributed by atoms with Gasteiger partial charge in [-0.25, -0.2) is 8.42 Å². The van der Waals surface area contributed by atoms with Crippen LogP contribution in [-0.4, -0.2) is 96.4 Å². The number of Topliss-reactive ketones (excluding diaryl/α,β-unsaturated/α-hetero) is 1. The second kappa shape index (κ2) is 38.9. The van der Waals surface area contributed by atoms with Crippen LogP contribution in [0.3, 0.4) is 0 Å². The van der Waals surface area contributed by atoms with Crippen LogP contribution in [0.5, 0.6) is 0 Å². The summed E-state index contributed by atoms with van der Waals surface area (Å²) in [7, 11) is -3.79. The zero-order valence-corrected chi connectivity index (χ0v) is 38.0. The third-order valence-electron chi connectivity index (χ3n) is 10.8. The smallest absolute Gasteiger partial charge is 0.306 e. The maximum atomic E-state index is 12.3. The number of H-pyrrole nitrogens is 1. The highest BCUT2D eigenvalue weighted by molar-refractivity contribution is 7.90.